The van der Waals surface area contributed by atoms with Crippen LogP contribution in [0.1, 0.15) is 5.56 Å². The van der Waals surface area contributed by atoms with Crippen molar-refractivity contribution in [3.05, 3.63) is 23.8 Å². The Hall–Kier alpha value is -1.75. The number of anilines is 1. The number of aliphatic hydroxyl groups excluding tert-OH is 1. The van der Waals surface area contributed by atoms with Gasteiger partial charge >= 0.3 is 6.03 Å². The van der Waals surface area contributed by atoms with Crippen LogP contribution in [0, 0.1) is 6.92 Å². The monoisotopic (exact) mass is 238 g/mol. The van der Waals surface area contributed by atoms with E-state index in [0.29, 0.717) is 18.0 Å². The van der Waals surface area contributed by atoms with E-state index in [4.69, 9.17) is 9.84 Å². The maximum absolute atomic E-state index is 11.7. The Balaban J connectivity index is 2.77. The van der Waals surface area contributed by atoms with Gasteiger partial charge in [-0.2, -0.15) is 0 Å². The van der Waals surface area contributed by atoms with E-state index < -0.39 is 0 Å². The van der Waals surface area contributed by atoms with Crippen LogP contribution in [0.5, 0.6) is 5.75 Å². The van der Waals surface area contributed by atoms with Gasteiger partial charge in [0.15, 0.2) is 0 Å². The molecule has 1 rings (SSSR count). The number of benzene rings is 1. The van der Waals surface area contributed by atoms with Crippen molar-refractivity contribution in [1.82, 2.24) is 4.90 Å². The molecule has 2 N–H and O–H groups in total. The normalized spacial score (nSPS) is 9.88. The zero-order valence-electron chi connectivity index (χ0n) is 10.4. The Morgan fingerprint density at radius 1 is 1.53 bits per heavy atom. The lowest BCUT2D eigenvalue weighted by atomic mass is 10.2. The average molecular weight is 238 g/mol. The third-order valence-electron chi connectivity index (χ3n) is 2.38. The summed E-state index contributed by atoms with van der Waals surface area (Å²) in [5, 5.41) is 11.5. The molecule has 0 radical (unpaired) electrons. The summed E-state index contributed by atoms with van der Waals surface area (Å²) in [5.74, 6) is 0.621. The minimum atomic E-state index is -0.277. The van der Waals surface area contributed by atoms with E-state index in [1.54, 1.807) is 20.2 Å². The molecule has 2 amide bonds. The third-order valence-corrected chi connectivity index (χ3v) is 2.38. The largest absolute Gasteiger partial charge is 0.495 e. The molecule has 0 unspecified atom stereocenters. The number of hydrogen-bond donors (Lipinski definition) is 2. The molecule has 1 aromatic carbocycles. The lowest BCUT2D eigenvalue weighted by Gasteiger charge is -2.18. The zero-order valence-corrected chi connectivity index (χ0v) is 10.4. The summed E-state index contributed by atoms with van der Waals surface area (Å²) < 4.78 is 5.18. The van der Waals surface area contributed by atoms with Crippen molar-refractivity contribution in [2.24, 2.45) is 0 Å². The first-order valence-electron chi connectivity index (χ1n) is 5.36. The highest BCUT2D eigenvalue weighted by molar-refractivity contribution is 5.90. The van der Waals surface area contributed by atoms with Crippen LogP contribution in [0.15, 0.2) is 18.2 Å². The van der Waals surface area contributed by atoms with Gasteiger partial charge in [-0.05, 0) is 24.6 Å². The Labute approximate surface area is 101 Å². The molecule has 0 aromatic heterocycles. The molecule has 0 heterocycles. The van der Waals surface area contributed by atoms with Crippen molar-refractivity contribution in [2.45, 2.75) is 6.92 Å². The van der Waals surface area contributed by atoms with E-state index in [1.165, 1.54) is 4.90 Å². The zero-order chi connectivity index (χ0) is 12.8. The molecule has 0 spiro atoms. The predicted octanol–water partition coefficient (Wildman–Crippen LogP) is 1.46. The molecule has 17 heavy (non-hydrogen) atoms. The summed E-state index contributed by atoms with van der Waals surface area (Å²) in [6.45, 7) is 2.18. The van der Waals surface area contributed by atoms with E-state index in [2.05, 4.69) is 5.32 Å². The Morgan fingerprint density at radius 3 is 2.82 bits per heavy atom. The molecular formula is C12H18N2O3. The number of ether oxygens (including phenoxy) is 1. The first-order chi connectivity index (χ1) is 8.08. The molecule has 0 atom stereocenters. The summed E-state index contributed by atoms with van der Waals surface area (Å²) in [6.07, 6.45) is 0. The topological polar surface area (TPSA) is 61.8 Å². The van der Waals surface area contributed by atoms with Gasteiger partial charge in [0, 0.05) is 13.6 Å². The molecule has 0 aliphatic carbocycles. The highest BCUT2D eigenvalue weighted by Crippen LogP contribution is 2.25. The summed E-state index contributed by atoms with van der Waals surface area (Å²) in [7, 11) is 3.17. The SMILES string of the molecule is COc1cc(C)ccc1NC(=O)N(C)CCO. The van der Waals surface area contributed by atoms with Crippen LogP contribution >= 0.6 is 0 Å². The van der Waals surface area contributed by atoms with E-state index in [-0.39, 0.29) is 12.6 Å². The highest BCUT2D eigenvalue weighted by atomic mass is 16.5. The number of nitrogens with one attached hydrogen (secondary N) is 1. The van der Waals surface area contributed by atoms with E-state index >= 15 is 0 Å². The molecule has 0 aliphatic rings. The summed E-state index contributed by atoms with van der Waals surface area (Å²) in [5.41, 5.74) is 1.68. The van der Waals surface area contributed by atoms with Crippen LogP contribution in [0.25, 0.3) is 0 Å². The molecule has 0 aliphatic heterocycles. The third kappa shape index (κ3) is 3.64. The molecule has 0 bridgehead atoms. The van der Waals surface area contributed by atoms with Crippen molar-refractivity contribution in [3.8, 4) is 5.75 Å². The number of urea groups is 1. The van der Waals surface area contributed by atoms with Crippen molar-refractivity contribution in [3.63, 3.8) is 0 Å². The van der Waals surface area contributed by atoms with Gasteiger partial charge in [0.05, 0.1) is 19.4 Å². The van der Waals surface area contributed by atoms with Crippen LogP contribution in [0.3, 0.4) is 0 Å². The fraction of sp³-hybridized carbons (Fsp3) is 0.417. The van der Waals surface area contributed by atoms with Gasteiger partial charge in [0.2, 0.25) is 0 Å². The fourth-order valence-electron chi connectivity index (χ4n) is 1.36. The average Bonchev–Trinajstić information content (AvgIpc) is 2.31. The lowest BCUT2D eigenvalue weighted by molar-refractivity contribution is 0.202. The van der Waals surface area contributed by atoms with Crippen LogP contribution in [0.2, 0.25) is 0 Å². The predicted molar refractivity (Wildman–Crippen MR) is 66.5 cm³/mol. The quantitative estimate of drug-likeness (QED) is 0.834. The van der Waals surface area contributed by atoms with Gasteiger partial charge in [-0.25, -0.2) is 4.79 Å². The molecule has 94 valence electrons. The standard InChI is InChI=1S/C12H18N2O3/c1-9-4-5-10(11(8-9)17-3)13-12(16)14(2)6-7-15/h4-5,8,15H,6-7H2,1-3H3,(H,13,16). The van der Waals surface area contributed by atoms with Gasteiger partial charge < -0.3 is 20.1 Å². The van der Waals surface area contributed by atoms with E-state index in [9.17, 15) is 4.79 Å². The summed E-state index contributed by atoms with van der Waals surface area (Å²) in [6, 6.07) is 5.26. The number of rotatable bonds is 4. The van der Waals surface area contributed by atoms with Gasteiger partial charge in [-0.1, -0.05) is 6.07 Å². The number of methoxy groups -OCH3 is 1. The van der Waals surface area contributed by atoms with Gasteiger partial charge in [0.25, 0.3) is 0 Å². The summed E-state index contributed by atoms with van der Waals surface area (Å²) in [4.78, 5) is 13.1. The number of likely N-dealkylation sites (N-methyl/N-ethyl adjacent to an activating group) is 1. The van der Waals surface area contributed by atoms with Crippen molar-refractivity contribution < 1.29 is 14.6 Å². The van der Waals surface area contributed by atoms with Crippen LogP contribution < -0.4 is 10.1 Å². The Kier molecular flexibility index (Phi) is 4.78. The Bertz CT molecular complexity index is 393. The maximum Gasteiger partial charge on any atom is 0.321 e. The number of aliphatic hydroxyl groups is 1. The first kappa shape index (κ1) is 13.3. The maximum atomic E-state index is 11.7. The molecule has 0 fully saturated rings. The van der Waals surface area contributed by atoms with E-state index in [1.807, 2.05) is 19.1 Å². The van der Waals surface area contributed by atoms with Gasteiger partial charge in [-0.3, -0.25) is 0 Å². The number of nitrogens with zero attached hydrogens (tertiary/aromatic N) is 1. The number of carbonyl (C=O) groups excluding carboxylic acids is 1. The number of hydrogen-bond acceptors (Lipinski definition) is 3. The van der Waals surface area contributed by atoms with Crippen LogP contribution in [-0.2, 0) is 0 Å². The molecule has 5 heteroatoms. The van der Waals surface area contributed by atoms with Crippen molar-refractivity contribution in [1.29, 1.82) is 0 Å². The lowest BCUT2D eigenvalue weighted by Crippen LogP contribution is -2.33. The minimum Gasteiger partial charge on any atom is -0.495 e. The van der Waals surface area contributed by atoms with Gasteiger partial charge in [-0.15, -0.1) is 0 Å². The highest BCUT2D eigenvalue weighted by Gasteiger charge is 2.11. The second kappa shape index (κ2) is 6.10. The second-order valence-corrected chi connectivity index (χ2v) is 3.78. The van der Waals surface area contributed by atoms with Crippen LogP contribution in [-0.4, -0.2) is 43.3 Å². The number of amides is 2. The smallest absolute Gasteiger partial charge is 0.321 e. The number of carbonyl (C=O) groups is 1. The fourth-order valence-corrected chi connectivity index (χ4v) is 1.36. The first-order valence-corrected chi connectivity index (χ1v) is 5.36. The second-order valence-electron chi connectivity index (χ2n) is 3.78. The molecular weight excluding hydrogens is 220 g/mol. The summed E-state index contributed by atoms with van der Waals surface area (Å²) >= 11 is 0. The molecule has 1 aromatic rings. The van der Waals surface area contributed by atoms with Crippen molar-refractivity contribution in [2.75, 3.05) is 32.6 Å². The van der Waals surface area contributed by atoms with Crippen LogP contribution in [0.4, 0.5) is 10.5 Å². The van der Waals surface area contributed by atoms with Crippen molar-refractivity contribution >= 4 is 11.7 Å². The van der Waals surface area contributed by atoms with Gasteiger partial charge in [0.1, 0.15) is 5.75 Å². The molecule has 0 saturated heterocycles. The van der Waals surface area contributed by atoms with E-state index in [0.717, 1.165) is 5.56 Å². The molecule has 5 nitrogen and oxygen atoms in total. The molecule has 0 saturated carbocycles. The number of aryl methyl sites for hydroxylation is 1. The minimum absolute atomic E-state index is 0.0606. The Morgan fingerprint density at radius 2 is 2.24 bits per heavy atom.